The molecule has 0 atom stereocenters. The van der Waals surface area contributed by atoms with Gasteiger partial charge in [-0.15, -0.1) is 0 Å². The Balaban J connectivity index is 3.26. The van der Waals surface area contributed by atoms with Gasteiger partial charge < -0.3 is 0 Å². The highest BCUT2D eigenvalue weighted by Crippen LogP contribution is 2.05. The van der Waals surface area contributed by atoms with Crippen LogP contribution in [0.2, 0.25) is 0 Å². The highest BCUT2D eigenvalue weighted by atomic mass is 14.8. The number of hydrogen-bond donors (Lipinski definition) is 0. The predicted octanol–water partition coefficient (Wildman–Crippen LogP) is 2.07. The lowest BCUT2D eigenvalue weighted by Gasteiger charge is -1.98. The van der Waals surface area contributed by atoms with Crippen molar-refractivity contribution in [2.45, 2.75) is 6.92 Å². The number of hydrogen-bond acceptors (Lipinski definition) is 2. The van der Waals surface area contributed by atoms with Crippen LogP contribution in [0.1, 0.15) is 17.1 Å². The van der Waals surface area contributed by atoms with Crippen LogP contribution in [-0.4, -0.2) is 9.97 Å². The molecule has 1 rings (SSSR count). The van der Waals surface area contributed by atoms with Gasteiger partial charge in [0.2, 0.25) is 0 Å². The first-order chi connectivity index (χ1) is 5.27. The average Bonchev–Trinajstić information content (AvgIpc) is 2.04. The number of nitrogens with zero attached hydrogens (tertiary/aromatic N) is 2. The molecule has 0 aliphatic heterocycles. The molecule has 0 amide bonds. The minimum atomic E-state index is 0.783. The minimum Gasteiger partial charge on any atom is -0.253 e. The summed E-state index contributed by atoms with van der Waals surface area (Å²) in [5.74, 6) is 0. The summed E-state index contributed by atoms with van der Waals surface area (Å²) in [6, 6.07) is 0. The molecule has 0 fully saturated rings. The van der Waals surface area contributed by atoms with E-state index in [0.717, 1.165) is 17.1 Å². The van der Waals surface area contributed by atoms with Gasteiger partial charge in [0.25, 0.3) is 0 Å². The third kappa shape index (κ3) is 1.52. The molecule has 0 radical (unpaired) electrons. The molecular weight excluding hydrogens is 136 g/mol. The van der Waals surface area contributed by atoms with E-state index in [0.29, 0.717) is 0 Å². The van der Waals surface area contributed by atoms with Gasteiger partial charge >= 0.3 is 0 Å². The first kappa shape index (κ1) is 7.66. The van der Waals surface area contributed by atoms with Gasteiger partial charge in [0.05, 0.1) is 17.1 Å². The lowest BCUT2D eigenvalue weighted by Crippen LogP contribution is -1.92. The number of aryl methyl sites for hydroxylation is 1. The maximum Gasteiger partial charge on any atom is 0.0883 e. The molecule has 0 bridgehead atoms. The molecule has 0 saturated heterocycles. The van der Waals surface area contributed by atoms with E-state index in [1.54, 1.807) is 18.3 Å². The van der Waals surface area contributed by atoms with E-state index in [1.807, 2.05) is 6.92 Å². The molecule has 1 aromatic rings. The molecule has 1 aromatic heterocycles. The topological polar surface area (TPSA) is 25.8 Å². The van der Waals surface area contributed by atoms with E-state index in [1.165, 1.54) is 0 Å². The summed E-state index contributed by atoms with van der Waals surface area (Å²) < 4.78 is 0. The van der Waals surface area contributed by atoms with E-state index in [4.69, 9.17) is 0 Å². The molecule has 0 aliphatic carbocycles. The van der Waals surface area contributed by atoms with Crippen molar-refractivity contribution in [1.82, 2.24) is 9.97 Å². The summed E-state index contributed by atoms with van der Waals surface area (Å²) in [4.78, 5) is 8.33. The second kappa shape index (κ2) is 3.10. The van der Waals surface area contributed by atoms with Crippen LogP contribution in [0.5, 0.6) is 0 Å². The fraction of sp³-hybridized carbons (Fsp3) is 0.111. The van der Waals surface area contributed by atoms with Gasteiger partial charge in [0.15, 0.2) is 0 Å². The monoisotopic (exact) mass is 146 g/mol. The lowest BCUT2D eigenvalue weighted by atomic mass is 10.3. The van der Waals surface area contributed by atoms with Crippen molar-refractivity contribution in [3.8, 4) is 0 Å². The van der Waals surface area contributed by atoms with Gasteiger partial charge in [0.1, 0.15) is 0 Å². The smallest absolute Gasteiger partial charge is 0.0883 e. The van der Waals surface area contributed by atoms with E-state index in [2.05, 4.69) is 23.1 Å². The molecule has 2 heteroatoms. The Bertz CT molecular complexity index is 290. The molecule has 0 N–H and O–H groups in total. The van der Waals surface area contributed by atoms with E-state index in [-0.39, 0.29) is 0 Å². The minimum absolute atomic E-state index is 0.783. The summed E-state index contributed by atoms with van der Waals surface area (Å²) in [6.07, 6.45) is 5.06. The van der Waals surface area contributed by atoms with Crippen LogP contribution in [0.4, 0.5) is 0 Å². The van der Waals surface area contributed by atoms with Crippen LogP contribution < -0.4 is 0 Å². The van der Waals surface area contributed by atoms with Crippen LogP contribution in [0.15, 0.2) is 19.4 Å². The van der Waals surface area contributed by atoms with Gasteiger partial charge in [-0.3, -0.25) is 4.98 Å². The standard InChI is InChI=1S/C9H10N2/c1-4-8-9(5-2)11-7(3)6-10-8/h4-6H,1-2H2,3H3. The fourth-order valence-corrected chi connectivity index (χ4v) is 0.813. The van der Waals surface area contributed by atoms with Crippen molar-refractivity contribution in [2.75, 3.05) is 0 Å². The van der Waals surface area contributed by atoms with Crippen LogP contribution in [0.3, 0.4) is 0 Å². The molecule has 0 aromatic carbocycles. The van der Waals surface area contributed by atoms with Crippen molar-refractivity contribution < 1.29 is 0 Å². The van der Waals surface area contributed by atoms with Crippen LogP contribution >= 0.6 is 0 Å². The van der Waals surface area contributed by atoms with Crippen molar-refractivity contribution >= 4 is 12.2 Å². The maximum atomic E-state index is 4.21. The molecule has 56 valence electrons. The SMILES string of the molecule is C=Cc1ncc(C)nc1C=C. The van der Waals surface area contributed by atoms with Crippen molar-refractivity contribution in [1.29, 1.82) is 0 Å². The zero-order valence-corrected chi connectivity index (χ0v) is 6.54. The third-order valence-corrected chi connectivity index (χ3v) is 1.34. The zero-order chi connectivity index (χ0) is 8.27. The van der Waals surface area contributed by atoms with Crippen molar-refractivity contribution in [3.05, 3.63) is 36.4 Å². The summed E-state index contributed by atoms with van der Waals surface area (Å²) in [5.41, 5.74) is 2.47. The molecule has 2 nitrogen and oxygen atoms in total. The van der Waals surface area contributed by atoms with Crippen LogP contribution in [0.25, 0.3) is 12.2 Å². The lowest BCUT2D eigenvalue weighted by molar-refractivity contribution is 1.09. The summed E-state index contributed by atoms with van der Waals surface area (Å²) in [6.45, 7) is 9.14. The molecule has 1 heterocycles. The summed E-state index contributed by atoms with van der Waals surface area (Å²) >= 11 is 0. The van der Waals surface area contributed by atoms with Gasteiger partial charge in [0, 0.05) is 6.20 Å². The first-order valence-electron chi connectivity index (χ1n) is 3.36. The maximum absolute atomic E-state index is 4.21. The van der Waals surface area contributed by atoms with Crippen LogP contribution in [-0.2, 0) is 0 Å². The Morgan fingerprint density at radius 1 is 1.27 bits per heavy atom. The molecule has 11 heavy (non-hydrogen) atoms. The van der Waals surface area contributed by atoms with Crippen LogP contribution in [0, 0.1) is 6.92 Å². The van der Waals surface area contributed by atoms with Crippen molar-refractivity contribution in [3.63, 3.8) is 0 Å². The van der Waals surface area contributed by atoms with Gasteiger partial charge in [-0.05, 0) is 19.1 Å². The highest BCUT2D eigenvalue weighted by Gasteiger charge is 1.96. The Morgan fingerprint density at radius 3 is 2.45 bits per heavy atom. The molecular formula is C9H10N2. The normalized spacial score (nSPS) is 9.18. The Kier molecular flexibility index (Phi) is 2.16. The Labute approximate surface area is 66.3 Å². The molecule has 0 aliphatic rings. The van der Waals surface area contributed by atoms with Gasteiger partial charge in [-0.2, -0.15) is 0 Å². The second-order valence-corrected chi connectivity index (χ2v) is 2.19. The quantitative estimate of drug-likeness (QED) is 0.638. The first-order valence-corrected chi connectivity index (χ1v) is 3.36. The predicted molar refractivity (Wildman–Crippen MR) is 47.0 cm³/mol. The van der Waals surface area contributed by atoms with E-state index in [9.17, 15) is 0 Å². The summed E-state index contributed by atoms with van der Waals surface area (Å²) in [7, 11) is 0. The largest absolute Gasteiger partial charge is 0.253 e. The van der Waals surface area contributed by atoms with E-state index < -0.39 is 0 Å². The fourth-order valence-electron chi connectivity index (χ4n) is 0.813. The highest BCUT2D eigenvalue weighted by molar-refractivity contribution is 5.56. The second-order valence-electron chi connectivity index (χ2n) is 2.19. The molecule has 0 saturated carbocycles. The number of aromatic nitrogens is 2. The average molecular weight is 146 g/mol. The molecule has 0 unspecified atom stereocenters. The number of rotatable bonds is 2. The van der Waals surface area contributed by atoms with Gasteiger partial charge in [-0.1, -0.05) is 13.2 Å². The molecule has 0 spiro atoms. The van der Waals surface area contributed by atoms with Gasteiger partial charge in [-0.25, -0.2) is 4.98 Å². The van der Waals surface area contributed by atoms with Crippen molar-refractivity contribution in [2.24, 2.45) is 0 Å². The Morgan fingerprint density at radius 2 is 1.91 bits per heavy atom. The summed E-state index contributed by atoms with van der Waals surface area (Å²) in [5, 5.41) is 0. The Hall–Kier alpha value is -1.44. The third-order valence-electron chi connectivity index (χ3n) is 1.34. The zero-order valence-electron chi connectivity index (χ0n) is 6.54. The van der Waals surface area contributed by atoms with E-state index >= 15 is 0 Å².